The number of allylic oxidation sites excluding steroid dienone is 5. The van der Waals surface area contributed by atoms with Crippen molar-refractivity contribution in [3.8, 4) is 0 Å². The minimum atomic E-state index is -1.90. The Bertz CT molecular complexity index is 1230. The second-order valence-corrected chi connectivity index (χ2v) is 13.5. The highest BCUT2D eigenvalue weighted by Gasteiger charge is 2.40. The van der Waals surface area contributed by atoms with E-state index in [9.17, 15) is 0 Å². The van der Waals surface area contributed by atoms with Crippen LogP contribution in [0.5, 0.6) is 0 Å². The lowest BCUT2D eigenvalue weighted by Gasteiger charge is -2.38. The number of aliphatic imine (C=N–C) groups is 1. The molecule has 5 heteroatoms. The lowest BCUT2D eigenvalue weighted by molar-refractivity contribution is -0.462. The van der Waals surface area contributed by atoms with Gasteiger partial charge >= 0.3 is 0 Å². The predicted molar refractivity (Wildman–Crippen MR) is 139 cm³/mol. The second-order valence-electron chi connectivity index (χ2n) is 9.00. The van der Waals surface area contributed by atoms with Crippen molar-refractivity contribution < 1.29 is 4.58 Å². The van der Waals surface area contributed by atoms with E-state index in [2.05, 4.69) is 109 Å². The molecule has 4 rings (SSSR count). The van der Waals surface area contributed by atoms with Crippen LogP contribution in [0.15, 0.2) is 76.5 Å². The van der Waals surface area contributed by atoms with Gasteiger partial charge in [0.25, 0.3) is 0 Å². The molecule has 1 heterocycles. The maximum Gasteiger partial charge on any atom is 0.199 e. The van der Waals surface area contributed by atoms with Crippen LogP contribution in [0.2, 0.25) is 13.1 Å². The first-order chi connectivity index (χ1) is 14.7. The number of hydrogen-bond acceptors (Lipinski definition) is 3. The van der Waals surface area contributed by atoms with Gasteiger partial charge in [-0.1, -0.05) is 31.3 Å². The number of benzene rings is 2. The first-order valence-electron chi connectivity index (χ1n) is 10.4. The van der Waals surface area contributed by atoms with Gasteiger partial charge in [-0.3, -0.25) is 0 Å². The smallest absolute Gasteiger partial charge is 0.199 e. The summed E-state index contributed by atoms with van der Waals surface area (Å²) in [6.07, 6.45) is 6.94. The Labute approximate surface area is 191 Å². The number of nitrogens with zero attached hydrogens (tertiary/aromatic N) is 3. The summed E-state index contributed by atoms with van der Waals surface area (Å²) in [5, 5.41) is 5.43. The molecule has 3 nitrogen and oxygen atoms in total. The normalized spacial score (nSPS) is 16.2. The number of rotatable bonds is 3. The molecule has 1 aliphatic carbocycles. The van der Waals surface area contributed by atoms with Crippen LogP contribution in [0.3, 0.4) is 0 Å². The summed E-state index contributed by atoms with van der Waals surface area (Å²) in [5.41, 5.74) is 8.51. The Hall–Kier alpha value is -2.85. The molecule has 156 valence electrons. The summed E-state index contributed by atoms with van der Waals surface area (Å²) in [7, 11) is 6.53. The van der Waals surface area contributed by atoms with Crippen LogP contribution in [-0.2, 0) is 0 Å². The first kappa shape index (κ1) is 21.4. The van der Waals surface area contributed by atoms with Crippen molar-refractivity contribution in [2.24, 2.45) is 4.99 Å². The van der Waals surface area contributed by atoms with E-state index in [1.807, 2.05) is 12.1 Å². The fourth-order valence-electron chi connectivity index (χ4n) is 4.45. The summed E-state index contributed by atoms with van der Waals surface area (Å²) >= 11 is 4.76. The van der Waals surface area contributed by atoms with Gasteiger partial charge in [-0.05, 0) is 75.2 Å². The molecule has 0 atom stereocenters. The highest BCUT2D eigenvalue weighted by molar-refractivity contribution is 7.78. The molecule has 1 aliphatic heterocycles. The number of anilines is 1. The van der Waals surface area contributed by atoms with Gasteiger partial charge in [0.05, 0.1) is 10.8 Å². The Balaban J connectivity index is 2.04. The molecule has 0 aromatic heterocycles. The van der Waals surface area contributed by atoms with Crippen molar-refractivity contribution >= 4 is 53.3 Å². The molecule has 0 bridgehead atoms. The van der Waals surface area contributed by atoms with Gasteiger partial charge in [-0.15, -0.1) is 0 Å². The summed E-state index contributed by atoms with van der Waals surface area (Å²) in [4.78, 5) is 6.31. The lowest BCUT2D eigenvalue weighted by atomic mass is 9.89. The number of fused-ring (bicyclic) bond motifs is 2. The third-order valence-electron chi connectivity index (χ3n) is 6.26. The predicted octanol–water partition coefficient (Wildman–Crippen LogP) is 4.97. The zero-order valence-corrected chi connectivity index (χ0v) is 20.8. The SMILES string of the molecule is CN(C)c1ccc2c(c1)[Si](C)(C)C1=CC(=[N+](C)C)C=CC1=C2c1ccc(N=C=S)cc1. The summed E-state index contributed by atoms with van der Waals surface area (Å²) in [6, 6.07) is 15.3. The largest absolute Gasteiger partial charge is 0.378 e. The van der Waals surface area contributed by atoms with E-state index in [-0.39, 0.29) is 0 Å². The van der Waals surface area contributed by atoms with Gasteiger partial charge in [-0.2, -0.15) is 4.99 Å². The van der Waals surface area contributed by atoms with Gasteiger partial charge < -0.3 is 4.90 Å². The van der Waals surface area contributed by atoms with Crippen LogP contribution >= 0.6 is 12.2 Å². The Morgan fingerprint density at radius 1 is 1.00 bits per heavy atom. The van der Waals surface area contributed by atoms with E-state index >= 15 is 0 Å². The maximum absolute atomic E-state index is 4.76. The Morgan fingerprint density at radius 2 is 1.71 bits per heavy atom. The summed E-state index contributed by atoms with van der Waals surface area (Å²) < 4.78 is 2.19. The molecule has 0 N–H and O–H groups in total. The molecule has 0 spiro atoms. The third kappa shape index (κ3) is 3.70. The van der Waals surface area contributed by atoms with E-state index in [1.165, 1.54) is 44.1 Å². The van der Waals surface area contributed by atoms with Gasteiger partial charge in [0.1, 0.15) is 22.2 Å². The molecular weight excluding hydrogens is 414 g/mol. The monoisotopic (exact) mass is 442 g/mol. The van der Waals surface area contributed by atoms with Crippen molar-refractivity contribution in [2.75, 3.05) is 33.1 Å². The summed E-state index contributed by atoms with van der Waals surface area (Å²) in [6.45, 7) is 4.94. The van der Waals surface area contributed by atoms with E-state index in [4.69, 9.17) is 12.2 Å². The van der Waals surface area contributed by atoms with E-state index in [0.29, 0.717) is 0 Å². The van der Waals surface area contributed by atoms with Crippen molar-refractivity contribution in [1.29, 1.82) is 0 Å². The van der Waals surface area contributed by atoms with Crippen molar-refractivity contribution in [1.82, 2.24) is 0 Å². The first-order valence-corrected chi connectivity index (χ1v) is 13.8. The topological polar surface area (TPSA) is 18.6 Å². The standard InChI is InChI=1S/C26H28N3SSi/c1-28(2)20-11-13-22-24(15-20)31(5,6)25-16-21(29(3)4)12-14-23(25)26(22)18-7-9-19(10-8-18)27-17-30/h7-16H,1-6H3/q+1. The Kier molecular flexibility index (Phi) is 5.52. The van der Waals surface area contributed by atoms with Crippen molar-refractivity contribution in [3.05, 3.63) is 82.6 Å². The zero-order valence-electron chi connectivity index (χ0n) is 19.0. The van der Waals surface area contributed by atoms with Crippen LogP contribution in [0.25, 0.3) is 5.57 Å². The van der Waals surface area contributed by atoms with Gasteiger partial charge in [0, 0.05) is 31.9 Å². The minimum Gasteiger partial charge on any atom is -0.378 e. The fraction of sp³-hybridized carbons (Fsp3) is 0.231. The average molecular weight is 443 g/mol. The maximum atomic E-state index is 4.76. The summed E-state index contributed by atoms with van der Waals surface area (Å²) in [5.74, 6) is 0. The van der Waals surface area contributed by atoms with Crippen LogP contribution in [-0.4, -0.2) is 51.7 Å². The van der Waals surface area contributed by atoms with Gasteiger partial charge in [0.15, 0.2) is 5.71 Å². The fourth-order valence-corrected chi connectivity index (χ4v) is 7.62. The molecule has 0 saturated carbocycles. The quantitative estimate of drug-likeness (QED) is 0.289. The minimum absolute atomic E-state index is 0.830. The number of isothiocyanates is 1. The van der Waals surface area contributed by atoms with Crippen LogP contribution in [0, 0.1) is 0 Å². The highest BCUT2D eigenvalue weighted by atomic mass is 32.1. The lowest BCUT2D eigenvalue weighted by Crippen LogP contribution is -2.49. The van der Waals surface area contributed by atoms with Gasteiger partial charge in [0.2, 0.25) is 0 Å². The van der Waals surface area contributed by atoms with Gasteiger partial charge in [-0.25, -0.2) is 4.58 Å². The zero-order chi connectivity index (χ0) is 22.3. The van der Waals surface area contributed by atoms with E-state index in [0.717, 1.165) is 5.69 Å². The highest BCUT2D eigenvalue weighted by Crippen LogP contribution is 2.42. The third-order valence-corrected chi connectivity index (χ3v) is 9.87. The second kappa shape index (κ2) is 8.01. The number of hydrogen-bond donors (Lipinski definition) is 0. The Morgan fingerprint density at radius 3 is 2.32 bits per heavy atom. The average Bonchev–Trinajstić information content (AvgIpc) is 2.74. The van der Waals surface area contributed by atoms with Crippen LogP contribution in [0.1, 0.15) is 11.1 Å². The van der Waals surface area contributed by atoms with E-state index < -0.39 is 8.07 Å². The molecule has 0 saturated heterocycles. The molecule has 0 unspecified atom stereocenters. The molecule has 0 radical (unpaired) electrons. The molecular formula is C26H28N3SSi+. The van der Waals surface area contributed by atoms with Crippen LogP contribution in [0.4, 0.5) is 11.4 Å². The molecule has 0 amide bonds. The van der Waals surface area contributed by atoms with Crippen LogP contribution < -0.4 is 10.1 Å². The van der Waals surface area contributed by atoms with Crippen molar-refractivity contribution in [2.45, 2.75) is 13.1 Å². The molecule has 2 aromatic rings. The van der Waals surface area contributed by atoms with E-state index in [1.54, 1.807) is 0 Å². The molecule has 2 aromatic carbocycles. The molecule has 31 heavy (non-hydrogen) atoms. The molecule has 2 aliphatic rings. The number of thiocarbonyl (C=S) groups is 1. The molecule has 0 fully saturated rings. The van der Waals surface area contributed by atoms with Crippen molar-refractivity contribution in [3.63, 3.8) is 0 Å².